The lowest BCUT2D eigenvalue weighted by molar-refractivity contribution is 0.244. The first-order valence-electron chi connectivity index (χ1n) is 7.62. The molecule has 0 aliphatic carbocycles. The molecule has 2 atom stereocenters. The lowest BCUT2D eigenvalue weighted by atomic mass is 10.0. The van der Waals surface area contributed by atoms with Gasteiger partial charge in [0.1, 0.15) is 5.82 Å². The highest BCUT2D eigenvalue weighted by Crippen LogP contribution is 2.33. The summed E-state index contributed by atoms with van der Waals surface area (Å²) in [6, 6.07) is 8.20. The highest BCUT2D eigenvalue weighted by atomic mass is 16.3. The zero-order chi connectivity index (χ0) is 14.8. The number of nitrogens with one attached hydrogen (secondary N) is 1. The van der Waals surface area contributed by atoms with Crippen molar-refractivity contribution in [1.29, 1.82) is 0 Å². The number of hydrogen-bond donors (Lipinski definition) is 2. The Kier molecular flexibility index (Phi) is 3.92. The van der Waals surface area contributed by atoms with Gasteiger partial charge in [-0.05, 0) is 31.4 Å². The Hall–Kier alpha value is -1.88. The van der Waals surface area contributed by atoms with Gasteiger partial charge in [-0.1, -0.05) is 19.1 Å². The molecule has 1 saturated heterocycles. The third-order valence-corrected chi connectivity index (χ3v) is 4.26. The van der Waals surface area contributed by atoms with Crippen molar-refractivity contribution in [3.63, 3.8) is 0 Å². The van der Waals surface area contributed by atoms with Crippen LogP contribution in [-0.2, 0) is 0 Å². The number of benzene rings is 1. The van der Waals surface area contributed by atoms with Gasteiger partial charge in [0.2, 0.25) is 5.95 Å². The minimum Gasteiger partial charge on any atom is -0.394 e. The van der Waals surface area contributed by atoms with E-state index in [1.54, 1.807) is 0 Å². The van der Waals surface area contributed by atoms with Crippen molar-refractivity contribution in [2.45, 2.75) is 26.3 Å². The quantitative estimate of drug-likeness (QED) is 0.903. The Morgan fingerprint density at radius 3 is 2.90 bits per heavy atom. The maximum atomic E-state index is 9.71. The standard InChI is InChI=1S/C16H22N4O/c1-3-17-16-18-13-7-5-4-6-12(13)15(19-16)20-9-8-11(2)14(20)10-21/h4-7,11,14,21H,3,8-10H2,1-2H3,(H,17,18,19). The summed E-state index contributed by atoms with van der Waals surface area (Å²) in [6.07, 6.45) is 1.08. The van der Waals surface area contributed by atoms with Crippen LogP contribution >= 0.6 is 0 Å². The minimum absolute atomic E-state index is 0.137. The van der Waals surface area contributed by atoms with Crippen molar-refractivity contribution in [3.05, 3.63) is 24.3 Å². The fourth-order valence-corrected chi connectivity index (χ4v) is 3.07. The molecule has 2 heterocycles. The van der Waals surface area contributed by atoms with Gasteiger partial charge in [-0.3, -0.25) is 0 Å². The molecule has 0 amide bonds. The molecule has 0 saturated carbocycles. The molecule has 1 aromatic carbocycles. The highest BCUT2D eigenvalue weighted by molar-refractivity contribution is 5.90. The van der Waals surface area contributed by atoms with Crippen molar-refractivity contribution < 1.29 is 5.11 Å². The Morgan fingerprint density at radius 2 is 2.14 bits per heavy atom. The molecule has 2 aromatic rings. The van der Waals surface area contributed by atoms with Crippen molar-refractivity contribution >= 4 is 22.7 Å². The minimum atomic E-state index is 0.137. The van der Waals surface area contributed by atoms with Crippen LogP contribution in [0.2, 0.25) is 0 Å². The molecule has 5 heteroatoms. The molecule has 2 N–H and O–H groups in total. The lowest BCUT2D eigenvalue weighted by Gasteiger charge is -2.27. The summed E-state index contributed by atoms with van der Waals surface area (Å²) in [5.74, 6) is 2.06. The van der Waals surface area contributed by atoms with Crippen molar-refractivity contribution in [1.82, 2.24) is 9.97 Å². The first kappa shape index (κ1) is 14.1. The summed E-state index contributed by atoms with van der Waals surface area (Å²) >= 11 is 0. The largest absolute Gasteiger partial charge is 0.394 e. The van der Waals surface area contributed by atoms with Crippen LogP contribution in [0.15, 0.2) is 24.3 Å². The number of nitrogens with zero attached hydrogens (tertiary/aromatic N) is 3. The maximum Gasteiger partial charge on any atom is 0.225 e. The number of rotatable bonds is 4. The van der Waals surface area contributed by atoms with Gasteiger partial charge in [0.05, 0.1) is 18.2 Å². The molecule has 0 bridgehead atoms. The summed E-state index contributed by atoms with van der Waals surface area (Å²) < 4.78 is 0. The zero-order valence-electron chi connectivity index (χ0n) is 12.6. The molecule has 112 valence electrons. The van der Waals surface area contributed by atoms with Crippen molar-refractivity contribution in [3.8, 4) is 0 Å². The smallest absolute Gasteiger partial charge is 0.225 e. The van der Waals surface area contributed by atoms with Crippen molar-refractivity contribution in [2.24, 2.45) is 5.92 Å². The summed E-state index contributed by atoms with van der Waals surface area (Å²) in [5.41, 5.74) is 0.940. The van der Waals surface area contributed by atoms with E-state index in [1.807, 2.05) is 25.1 Å². The number of aliphatic hydroxyl groups excluding tert-OH is 1. The van der Waals surface area contributed by atoms with Gasteiger partial charge in [-0.15, -0.1) is 0 Å². The number of aromatic nitrogens is 2. The second kappa shape index (κ2) is 5.85. The van der Waals surface area contributed by atoms with E-state index in [2.05, 4.69) is 28.2 Å². The SMILES string of the molecule is CCNc1nc(N2CCC(C)C2CO)c2ccccc2n1. The Morgan fingerprint density at radius 1 is 1.33 bits per heavy atom. The molecule has 1 aromatic heterocycles. The van der Waals surface area contributed by atoms with Gasteiger partial charge in [-0.2, -0.15) is 4.98 Å². The van der Waals surface area contributed by atoms with E-state index in [0.717, 1.165) is 36.2 Å². The Labute approximate surface area is 125 Å². The van der Waals surface area contributed by atoms with Crippen LogP contribution < -0.4 is 10.2 Å². The Bertz CT molecular complexity index is 631. The van der Waals surface area contributed by atoms with Gasteiger partial charge >= 0.3 is 0 Å². The summed E-state index contributed by atoms with van der Waals surface area (Å²) in [7, 11) is 0. The van der Waals surface area contributed by atoms with Crippen LogP contribution in [0.5, 0.6) is 0 Å². The maximum absolute atomic E-state index is 9.71. The molecule has 0 spiro atoms. The van der Waals surface area contributed by atoms with E-state index < -0.39 is 0 Å². The second-order valence-corrected chi connectivity index (χ2v) is 5.63. The molecular weight excluding hydrogens is 264 g/mol. The number of aliphatic hydroxyl groups is 1. The first-order chi connectivity index (χ1) is 10.2. The molecule has 1 fully saturated rings. The molecule has 1 aliphatic heterocycles. The third-order valence-electron chi connectivity index (χ3n) is 4.26. The number of anilines is 2. The van der Waals surface area contributed by atoms with E-state index in [1.165, 1.54) is 0 Å². The molecule has 2 unspecified atom stereocenters. The normalized spacial score (nSPS) is 22.0. The average Bonchev–Trinajstić information content (AvgIpc) is 2.87. The highest BCUT2D eigenvalue weighted by Gasteiger charge is 2.32. The van der Waals surface area contributed by atoms with Gasteiger partial charge in [0, 0.05) is 18.5 Å². The fourth-order valence-electron chi connectivity index (χ4n) is 3.07. The Balaban J connectivity index is 2.11. The summed E-state index contributed by atoms with van der Waals surface area (Å²) in [4.78, 5) is 11.5. The number of para-hydroxylation sites is 1. The molecule has 1 aliphatic rings. The van der Waals surface area contributed by atoms with Gasteiger partial charge in [0.15, 0.2) is 0 Å². The van der Waals surface area contributed by atoms with Crippen LogP contribution in [0.4, 0.5) is 11.8 Å². The van der Waals surface area contributed by atoms with E-state index in [0.29, 0.717) is 11.9 Å². The van der Waals surface area contributed by atoms with Crippen LogP contribution in [0.25, 0.3) is 10.9 Å². The predicted molar refractivity (Wildman–Crippen MR) is 85.7 cm³/mol. The molecule has 0 radical (unpaired) electrons. The van der Waals surface area contributed by atoms with Crippen LogP contribution in [0.1, 0.15) is 20.3 Å². The second-order valence-electron chi connectivity index (χ2n) is 5.63. The molecular formula is C16H22N4O. The van der Waals surface area contributed by atoms with Gasteiger partial charge in [0.25, 0.3) is 0 Å². The summed E-state index contributed by atoms with van der Waals surface area (Å²) in [5, 5.41) is 14.0. The van der Waals surface area contributed by atoms with E-state index in [9.17, 15) is 5.11 Å². The van der Waals surface area contributed by atoms with E-state index >= 15 is 0 Å². The molecule has 3 rings (SSSR count). The fraction of sp³-hybridized carbons (Fsp3) is 0.500. The predicted octanol–water partition coefficient (Wildman–Crippen LogP) is 2.27. The molecule has 21 heavy (non-hydrogen) atoms. The van der Waals surface area contributed by atoms with Crippen LogP contribution in [-0.4, -0.2) is 40.8 Å². The third kappa shape index (κ3) is 2.53. The zero-order valence-corrected chi connectivity index (χ0v) is 12.6. The van der Waals surface area contributed by atoms with Crippen LogP contribution in [0, 0.1) is 5.92 Å². The van der Waals surface area contributed by atoms with E-state index in [-0.39, 0.29) is 12.6 Å². The number of hydrogen-bond acceptors (Lipinski definition) is 5. The van der Waals surface area contributed by atoms with Gasteiger partial charge in [-0.25, -0.2) is 4.98 Å². The topological polar surface area (TPSA) is 61.3 Å². The lowest BCUT2D eigenvalue weighted by Crippen LogP contribution is -2.36. The summed E-state index contributed by atoms with van der Waals surface area (Å²) in [6.45, 7) is 6.11. The monoisotopic (exact) mass is 286 g/mol. The van der Waals surface area contributed by atoms with Crippen LogP contribution in [0.3, 0.4) is 0 Å². The number of fused-ring (bicyclic) bond motifs is 1. The first-order valence-corrected chi connectivity index (χ1v) is 7.62. The van der Waals surface area contributed by atoms with Crippen molar-refractivity contribution in [2.75, 3.05) is 29.9 Å². The average molecular weight is 286 g/mol. The van der Waals surface area contributed by atoms with E-state index in [4.69, 9.17) is 4.98 Å². The molecule has 5 nitrogen and oxygen atoms in total. The van der Waals surface area contributed by atoms with Gasteiger partial charge < -0.3 is 15.3 Å².